The highest BCUT2D eigenvalue weighted by Crippen LogP contribution is 2.22. The number of benzene rings is 1. The third kappa shape index (κ3) is 4.07. The second-order valence-corrected chi connectivity index (χ2v) is 6.60. The summed E-state index contributed by atoms with van der Waals surface area (Å²) in [6.45, 7) is 7.06. The number of nitrogens with one attached hydrogen (secondary N) is 1. The van der Waals surface area contributed by atoms with Gasteiger partial charge in [-0.05, 0) is 55.8 Å². The zero-order valence-corrected chi connectivity index (χ0v) is 12.8. The molecule has 1 saturated carbocycles. The molecular formula is C18H28N2. The molecule has 0 amide bonds. The van der Waals surface area contributed by atoms with Gasteiger partial charge in [0.25, 0.3) is 0 Å². The molecule has 0 aromatic heterocycles. The van der Waals surface area contributed by atoms with E-state index in [0.29, 0.717) is 0 Å². The first kappa shape index (κ1) is 14.1. The van der Waals surface area contributed by atoms with Crippen LogP contribution in [0.15, 0.2) is 24.3 Å². The van der Waals surface area contributed by atoms with Crippen LogP contribution < -0.4 is 5.32 Å². The molecule has 110 valence electrons. The van der Waals surface area contributed by atoms with Crippen molar-refractivity contribution in [2.75, 3.05) is 13.1 Å². The van der Waals surface area contributed by atoms with Crippen molar-refractivity contribution in [3.8, 4) is 0 Å². The first-order valence-corrected chi connectivity index (χ1v) is 8.37. The molecule has 0 radical (unpaired) electrons. The molecule has 0 atom stereocenters. The minimum Gasteiger partial charge on any atom is -0.310 e. The van der Waals surface area contributed by atoms with Gasteiger partial charge in [0.05, 0.1) is 0 Å². The van der Waals surface area contributed by atoms with Crippen LogP contribution in [0.5, 0.6) is 0 Å². The van der Waals surface area contributed by atoms with Crippen molar-refractivity contribution >= 4 is 0 Å². The van der Waals surface area contributed by atoms with E-state index in [1.165, 1.54) is 56.3 Å². The topological polar surface area (TPSA) is 15.3 Å². The van der Waals surface area contributed by atoms with E-state index in [9.17, 15) is 0 Å². The van der Waals surface area contributed by atoms with Crippen LogP contribution >= 0.6 is 0 Å². The molecule has 2 heteroatoms. The van der Waals surface area contributed by atoms with Gasteiger partial charge in [-0.2, -0.15) is 0 Å². The fraction of sp³-hybridized carbons (Fsp3) is 0.667. The summed E-state index contributed by atoms with van der Waals surface area (Å²) < 4.78 is 0. The Bertz CT molecular complexity index is 417. The first-order valence-electron chi connectivity index (χ1n) is 8.37. The van der Waals surface area contributed by atoms with E-state index in [-0.39, 0.29) is 0 Å². The summed E-state index contributed by atoms with van der Waals surface area (Å²) in [6.07, 6.45) is 6.87. The Balaban J connectivity index is 1.50. The van der Waals surface area contributed by atoms with Crippen molar-refractivity contribution in [3.05, 3.63) is 35.4 Å². The van der Waals surface area contributed by atoms with Crippen LogP contribution in [0.2, 0.25) is 0 Å². The molecule has 0 spiro atoms. The van der Waals surface area contributed by atoms with Crippen LogP contribution in [0.3, 0.4) is 0 Å². The Morgan fingerprint density at radius 1 is 1.10 bits per heavy atom. The number of hydrogen-bond acceptors (Lipinski definition) is 2. The van der Waals surface area contributed by atoms with Crippen LogP contribution in [-0.2, 0) is 13.1 Å². The maximum Gasteiger partial charge on any atom is 0.0233 e. The molecule has 1 aromatic rings. The van der Waals surface area contributed by atoms with Crippen molar-refractivity contribution < 1.29 is 0 Å². The molecule has 1 aromatic carbocycles. The van der Waals surface area contributed by atoms with Gasteiger partial charge in [0.1, 0.15) is 0 Å². The zero-order chi connectivity index (χ0) is 13.8. The Morgan fingerprint density at radius 3 is 2.55 bits per heavy atom. The molecule has 20 heavy (non-hydrogen) atoms. The molecule has 2 fully saturated rings. The molecule has 1 aliphatic carbocycles. The summed E-state index contributed by atoms with van der Waals surface area (Å²) in [5.41, 5.74) is 2.92. The van der Waals surface area contributed by atoms with Gasteiger partial charge in [0.2, 0.25) is 0 Å². The highest BCUT2D eigenvalue weighted by atomic mass is 15.1. The smallest absolute Gasteiger partial charge is 0.0233 e. The second-order valence-electron chi connectivity index (χ2n) is 6.60. The van der Waals surface area contributed by atoms with Crippen LogP contribution in [0.25, 0.3) is 0 Å². The lowest BCUT2D eigenvalue weighted by molar-refractivity contribution is 0.175. The predicted molar refractivity (Wildman–Crippen MR) is 84.6 cm³/mol. The monoisotopic (exact) mass is 272 g/mol. The summed E-state index contributed by atoms with van der Waals surface area (Å²) >= 11 is 0. The lowest BCUT2D eigenvalue weighted by atomic mass is 9.94. The zero-order valence-electron chi connectivity index (χ0n) is 12.8. The van der Waals surface area contributed by atoms with Gasteiger partial charge in [-0.1, -0.05) is 37.6 Å². The van der Waals surface area contributed by atoms with Gasteiger partial charge in [0, 0.05) is 19.1 Å². The van der Waals surface area contributed by atoms with Gasteiger partial charge in [-0.3, -0.25) is 4.90 Å². The summed E-state index contributed by atoms with van der Waals surface area (Å²) in [5, 5.41) is 3.60. The molecule has 2 aliphatic rings. The first-order chi connectivity index (χ1) is 9.83. The van der Waals surface area contributed by atoms with Crippen LogP contribution in [-0.4, -0.2) is 24.0 Å². The van der Waals surface area contributed by atoms with Gasteiger partial charge in [0.15, 0.2) is 0 Å². The van der Waals surface area contributed by atoms with E-state index in [1.807, 2.05) is 0 Å². The van der Waals surface area contributed by atoms with Crippen LogP contribution in [0.1, 0.15) is 50.2 Å². The average Bonchev–Trinajstić information content (AvgIpc) is 3.31. The van der Waals surface area contributed by atoms with E-state index in [0.717, 1.165) is 25.0 Å². The highest BCUT2D eigenvalue weighted by molar-refractivity contribution is 5.23. The quantitative estimate of drug-likeness (QED) is 0.852. The normalized spacial score (nSPS) is 21.2. The number of likely N-dealkylation sites (tertiary alicyclic amines) is 1. The largest absolute Gasteiger partial charge is 0.310 e. The van der Waals surface area contributed by atoms with Crippen molar-refractivity contribution in [3.63, 3.8) is 0 Å². The van der Waals surface area contributed by atoms with Gasteiger partial charge >= 0.3 is 0 Å². The fourth-order valence-electron chi connectivity index (χ4n) is 3.20. The maximum atomic E-state index is 3.60. The second kappa shape index (κ2) is 6.73. The van der Waals surface area contributed by atoms with Gasteiger partial charge in [-0.15, -0.1) is 0 Å². The van der Waals surface area contributed by atoms with Crippen molar-refractivity contribution in [1.82, 2.24) is 10.2 Å². The Morgan fingerprint density at radius 2 is 1.85 bits per heavy atom. The number of nitrogens with zero attached hydrogens (tertiary/aromatic N) is 1. The van der Waals surface area contributed by atoms with Gasteiger partial charge < -0.3 is 5.32 Å². The van der Waals surface area contributed by atoms with Gasteiger partial charge in [-0.25, -0.2) is 0 Å². The summed E-state index contributed by atoms with van der Waals surface area (Å²) in [5.74, 6) is 0.973. The fourth-order valence-corrected chi connectivity index (χ4v) is 3.20. The summed E-state index contributed by atoms with van der Waals surface area (Å²) in [4.78, 5) is 2.62. The maximum absolute atomic E-state index is 3.60. The predicted octanol–water partition coefficient (Wildman–Crippen LogP) is 3.56. The van der Waals surface area contributed by atoms with E-state index in [4.69, 9.17) is 0 Å². The number of hydrogen-bond donors (Lipinski definition) is 1. The SMILES string of the molecule is CCC1CCN(Cc2cccc(CNC3CC3)c2)CC1. The van der Waals surface area contributed by atoms with E-state index < -0.39 is 0 Å². The standard InChI is InChI=1S/C18H28N2/c1-2-15-8-10-20(11-9-15)14-17-5-3-4-16(12-17)13-19-18-6-7-18/h3-5,12,15,18-19H,2,6-11,13-14H2,1H3. The molecular weight excluding hydrogens is 244 g/mol. The minimum atomic E-state index is 0.798. The molecule has 0 unspecified atom stereocenters. The van der Waals surface area contributed by atoms with Crippen molar-refractivity contribution in [2.24, 2.45) is 5.92 Å². The lowest BCUT2D eigenvalue weighted by Crippen LogP contribution is -2.33. The molecule has 1 heterocycles. The molecule has 0 bridgehead atoms. The Kier molecular flexibility index (Phi) is 4.74. The Labute approximate surface area is 123 Å². The number of piperidine rings is 1. The van der Waals surface area contributed by atoms with E-state index in [2.05, 4.69) is 41.4 Å². The third-order valence-corrected chi connectivity index (χ3v) is 4.85. The molecule has 1 aliphatic heterocycles. The summed E-state index contributed by atoms with van der Waals surface area (Å²) in [7, 11) is 0. The highest BCUT2D eigenvalue weighted by Gasteiger charge is 2.20. The molecule has 3 rings (SSSR count). The minimum absolute atomic E-state index is 0.798. The van der Waals surface area contributed by atoms with Crippen molar-refractivity contribution in [1.29, 1.82) is 0 Å². The number of rotatable bonds is 6. The summed E-state index contributed by atoms with van der Waals surface area (Å²) in [6, 6.07) is 9.94. The van der Waals surface area contributed by atoms with E-state index >= 15 is 0 Å². The van der Waals surface area contributed by atoms with Crippen molar-refractivity contribution in [2.45, 2.75) is 58.2 Å². The molecule has 1 saturated heterocycles. The van der Waals surface area contributed by atoms with E-state index in [1.54, 1.807) is 0 Å². The molecule has 1 N–H and O–H groups in total. The molecule has 2 nitrogen and oxygen atoms in total. The van der Waals surface area contributed by atoms with Crippen LogP contribution in [0.4, 0.5) is 0 Å². The third-order valence-electron chi connectivity index (χ3n) is 4.85. The average molecular weight is 272 g/mol. The Hall–Kier alpha value is -0.860. The van der Waals surface area contributed by atoms with Crippen LogP contribution in [0, 0.1) is 5.92 Å². The lowest BCUT2D eigenvalue weighted by Gasteiger charge is -2.31.